The molecule has 0 saturated carbocycles. The van der Waals surface area contributed by atoms with Crippen LogP contribution in [-0.4, -0.2) is 26.6 Å². The van der Waals surface area contributed by atoms with Crippen LogP contribution >= 0.6 is 11.8 Å². The van der Waals surface area contributed by atoms with Gasteiger partial charge in [0.2, 0.25) is 0 Å². The van der Waals surface area contributed by atoms with E-state index in [4.69, 9.17) is 4.74 Å². The zero-order chi connectivity index (χ0) is 21.9. The van der Waals surface area contributed by atoms with Crippen molar-refractivity contribution < 1.29 is 23.1 Å². The van der Waals surface area contributed by atoms with E-state index in [1.165, 1.54) is 36.6 Å². The van der Waals surface area contributed by atoms with Crippen molar-refractivity contribution in [2.24, 2.45) is 5.92 Å². The minimum Gasteiger partial charge on any atom is -0.497 e. The van der Waals surface area contributed by atoms with Crippen LogP contribution in [0.4, 0.5) is 0 Å². The fourth-order valence-electron chi connectivity index (χ4n) is 3.32. The lowest BCUT2D eigenvalue weighted by Crippen LogP contribution is -2.24. The molecule has 1 aliphatic heterocycles. The molecule has 8 heteroatoms. The van der Waals surface area contributed by atoms with Gasteiger partial charge in [0, 0.05) is 23.4 Å². The molecule has 6 nitrogen and oxygen atoms in total. The SMILES string of the molecule is COc1cccc(S(=O)(=O)NC2=C(C(=O)O)SC(c3ccc(CC(C)C)cc3)C2)c1. The van der Waals surface area contributed by atoms with Crippen LogP contribution in [-0.2, 0) is 21.2 Å². The number of ether oxygens (including phenoxy) is 1. The number of carboxylic acids is 1. The molecule has 1 aliphatic rings. The summed E-state index contributed by atoms with van der Waals surface area (Å²) in [4.78, 5) is 11.8. The van der Waals surface area contributed by atoms with Crippen LogP contribution in [0.3, 0.4) is 0 Å². The Hall–Kier alpha value is -2.45. The van der Waals surface area contributed by atoms with Crippen LogP contribution in [0.5, 0.6) is 5.75 Å². The van der Waals surface area contributed by atoms with Gasteiger partial charge in [0.1, 0.15) is 10.7 Å². The van der Waals surface area contributed by atoms with Gasteiger partial charge in [-0.15, -0.1) is 11.8 Å². The van der Waals surface area contributed by atoms with E-state index in [1.54, 1.807) is 12.1 Å². The number of hydrogen-bond donors (Lipinski definition) is 2. The number of methoxy groups -OCH3 is 1. The first-order chi connectivity index (χ1) is 14.2. The van der Waals surface area contributed by atoms with Crippen LogP contribution < -0.4 is 9.46 Å². The van der Waals surface area contributed by atoms with Crippen molar-refractivity contribution in [2.75, 3.05) is 7.11 Å². The Balaban J connectivity index is 1.81. The van der Waals surface area contributed by atoms with Gasteiger partial charge in [-0.2, -0.15) is 0 Å². The maximum absolute atomic E-state index is 12.8. The first kappa shape index (κ1) is 22.2. The Morgan fingerprint density at radius 1 is 1.23 bits per heavy atom. The zero-order valence-corrected chi connectivity index (χ0v) is 18.7. The molecule has 2 N–H and O–H groups in total. The highest BCUT2D eigenvalue weighted by Gasteiger charge is 2.33. The van der Waals surface area contributed by atoms with Crippen molar-refractivity contribution in [1.29, 1.82) is 0 Å². The molecular formula is C22H25NO5S2. The van der Waals surface area contributed by atoms with Crippen LogP contribution in [0, 0.1) is 5.92 Å². The zero-order valence-electron chi connectivity index (χ0n) is 17.1. The van der Waals surface area contributed by atoms with Crippen LogP contribution in [0.1, 0.15) is 36.6 Å². The highest BCUT2D eigenvalue weighted by Crippen LogP contribution is 2.47. The summed E-state index contributed by atoms with van der Waals surface area (Å²) in [5.41, 5.74) is 2.40. The number of sulfonamides is 1. The fourth-order valence-corrected chi connectivity index (χ4v) is 5.74. The van der Waals surface area contributed by atoms with Gasteiger partial charge < -0.3 is 9.84 Å². The summed E-state index contributed by atoms with van der Waals surface area (Å²) in [5.74, 6) is -0.178. The number of carbonyl (C=O) groups is 1. The molecule has 0 amide bonds. The van der Waals surface area contributed by atoms with E-state index in [0.29, 0.717) is 18.1 Å². The molecule has 1 unspecified atom stereocenters. The summed E-state index contributed by atoms with van der Waals surface area (Å²) in [6.07, 6.45) is 1.27. The molecular weight excluding hydrogens is 422 g/mol. The number of aliphatic carboxylic acids is 1. The molecule has 2 aromatic rings. The Labute approximate surface area is 181 Å². The predicted octanol–water partition coefficient (Wildman–Crippen LogP) is 4.35. The van der Waals surface area contributed by atoms with Gasteiger partial charge in [0.25, 0.3) is 10.0 Å². The van der Waals surface area contributed by atoms with E-state index in [0.717, 1.165) is 12.0 Å². The third-order valence-corrected chi connectivity index (χ3v) is 7.49. The third kappa shape index (κ3) is 5.17. The van der Waals surface area contributed by atoms with Gasteiger partial charge in [-0.3, -0.25) is 4.72 Å². The summed E-state index contributed by atoms with van der Waals surface area (Å²) in [5, 5.41) is 9.45. The van der Waals surface area contributed by atoms with E-state index in [9.17, 15) is 18.3 Å². The maximum Gasteiger partial charge on any atom is 0.344 e. The summed E-state index contributed by atoms with van der Waals surface area (Å²) in [6.45, 7) is 4.31. The molecule has 0 saturated heterocycles. The molecule has 30 heavy (non-hydrogen) atoms. The quantitative estimate of drug-likeness (QED) is 0.625. The largest absolute Gasteiger partial charge is 0.497 e. The second-order valence-corrected chi connectivity index (χ2v) is 10.4. The Bertz CT molecular complexity index is 1060. The molecule has 1 atom stereocenters. The number of rotatable bonds is 8. The number of allylic oxidation sites excluding steroid dienone is 1. The molecule has 0 spiro atoms. The number of nitrogens with one attached hydrogen (secondary N) is 1. The summed E-state index contributed by atoms with van der Waals surface area (Å²) in [6, 6.07) is 14.2. The molecule has 160 valence electrons. The molecule has 1 heterocycles. The Kier molecular flexibility index (Phi) is 6.77. The summed E-state index contributed by atoms with van der Waals surface area (Å²) in [7, 11) is -2.48. The van der Waals surface area contributed by atoms with E-state index in [1.807, 2.05) is 12.1 Å². The highest BCUT2D eigenvalue weighted by atomic mass is 32.2. The van der Waals surface area contributed by atoms with Crippen molar-refractivity contribution in [3.8, 4) is 5.75 Å². The van der Waals surface area contributed by atoms with Crippen LogP contribution in [0.2, 0.25) is 0 Å². The standard InChI is InChI=1S/C22H25NO5S2/c1-14(2)11-15-7-9-16(10-8-15)20-13-19(21(29-20)22(24)25)23-30(26,27)18-6-4-5-17(12-18)28-3/h4-10,12,14,20,23H,11,13H2,1-3H3,(H,24,25). The number of thioether (sulfide) groups is 1. The predicted molar refractivity (Wildman–Crippen MR) is 118 cm³/mol. The summed E-state index contributed by atoms with van der Waals surface area (Å²) >= 11 is 1.17. The van der Waals surface area contributed by atoms with Gasteiger partial charge in [0.15, 0.2) is 0 Å². The van der Waals surface area contributed by atoms with Gasteiger partial charge >= 0.3 is 5.97 Å². The van der Waals surface area contributed by atoms with E-state index in [-0.39, 0.29) is 20.7 Å². The van der Waals surface area contributed by atoms with Crippen molar-refractivity contribution >= 4 is 27.8 Å². The minimum absolute atomic E-state index is 0.0191. The molecule has 3 rings (SSSR count). The van der Waals surface area contributed by atoms with Crippen LogP contribution in [0.15, 0.2) is 64.0 Å². The first-order valence-corrected chi connectivity index (χ1v) is 11.9. The van der Waals surface area contributed by atoms with Gasteiger partial charge in [-0.1, -0.05) is 44.2 Å². The monoisotopic (exact) mass is 447 g/mol. The Morgan fingerprint density at radius 2 is 1.93 bits per heavy atom. The van der Waals surface area contributed by atoms with Crippen molar-refractivity contribution in [3.05, 3.63) is 70.3 Å². The first-order valence-electron chi connectivity index (χ1n) is 9.58. The van der Waals surface area contributed by atoms with E-state index < -0.39 is 16.0 Å². The normalized spacial score (nSPS) is 16.7. The average molecular weight is 448 g/mol. The van der Waals surface area contributed by atoms with E-state index in [2.05, 4.69) is 30.7 Å². The Morgan fingerprint density at radius 3 is 2.53 bits per heavy atom. The molecule has 0 aliphatic carbocycles. The highest BCUT2D eigenvalue weighted by molar-refractivity contribution is 8.04. The lowest BCUT2D eigenvalue weighted by molar-refractivity contribution is -0.131. The molecule has 0 fully saturated rings. The minimum atomic E-state index is -3.93. The number of carboxylic acid groups (broad SMARTS) is 1. The van der Waals surface area contributed by atoms with Crippen molar-refractivity contribution in [2.45, 2.75) is 36.8 Å². The average Bonchev–Trinajstić information content (AvgIpc) is 3.11. The molecule has 0 bridgehead atoms. The smallest absolute Gasteiger partial charge is 0.344 e. The van der Waals surface area contributed by atoms with Crippen molar-refractivity contribution in [3.63, 3.8) is 0 Å². The maximum atomic E-state index is 12.8. The topological polar surface area (TPSA) is 92.7 Å². The molecule has 0 radical (unpaired) electrons. The van der Waals surface area contributed by atoms with Crippen LogP contribution in [0.25, 0.3) is 0 Å². The molecule has 0 aromatic heterocycles. The fraction of sp³-hybridized carbons (Fsp3) is 0.318. The number of benzene rings is 2. The second-order valence-electron chi connectivity index (χ2n) is 7.55. The van der Waals surface area contributed by atoms with Gasteiger partial charge in [-0.05, 0) is 35.6 Å². The number of hydrogen-bond acceptors (Lipinski definition) is 5. The second kappa shape index (κ2) is 9.14. The lowest BCUT2D eigenvalue weighted by Gasteiger charge is -2.13. The summed E-state index contributed by atoms with van der Waals surface area (Å²) < 4.78 is 33.2. The van der Waals surface area contributed by atoms with Gasteiger partial charge in [0.05, 0.1) is 12.0 Å². The molecule has 2 aromatic carbocycles. The van der Waals surface area contributed by atoms with Crippen molar-refractivity contribution in [1.82, 2.24) is 4.72 Å². The van der Waals surface area contributed by atoms with E-state index >= 15 is 0 Å². The lowest BCUT2D eigenvalue weighted by atomic mass is 10.00. The third-order valence-electron chi connectivity index (χ3n) is 4.72. The van der Waals surface area contributed by atoms with Gasteiger partial charge in [-0.25, -0.2) is 13.2 Å².